The SMILES string of the molecule is CCOc1cccc(C(=O)NNC(=O)[C@H]2[C@H]3CC[C@@H](C3)[C@@H]2C(=O)O)c1. The highest BCUT2D eigenvalue weighted by molar-refractivity contribution is 5.96. The van der Waals surface area contributed by atoms with E-state index in [4.69, 9.17) is 4.74 Å². The fourth-order valence-corrected chi connectivity index (χ4v) is 4.19. The molecular formula is C18H22N2O5. The number of nitrogens with one attached hydrogen (secondary N) is 2. The van der Waals surface area contributed by atoms with Crippen molar-refractivity contribution >= 4 is 17.8 Å². The number of aliphatic carboxylic acids is 1. The van der Waals surface area contributed by atoms with E-state index < -0.39 is 29.6 Å². The Morgan fingerprint density at radius 2 is 1.88 bits per heavy atom. The lowest BCUT2D eigenvalue weighted by atomic mass is 9.79. The predicted molar refractivity (Wildman–Crippen MR) is 88.7 cm³/mol. The third kappa shape index (κ3) is 3.45. The van der Waals surface area contributed by atoms with Crippen LogP contribution in [0.2, 0.25) is 0 Å². The van der Waals surface area contributed by atoms with E-state index in [9.17, 15) is 19.5 Å². The molecule has 2 fully saturated rings. The van der Waals surface area contributed by atoms with E-state index in [0.717, 1.165) is 19.3 Å². The van der Waals surface area contributed by atoms with Crippen LogP contribution in [0.3, 0.4) is 0 Å². The molecule has 3 N–H and O–H groups in total. The Morgan fingerprint density at radius 1 is 1.16 bits per heavy atom. The molecule has 0 radical (unpaired) electrons. The molecule has 7 nitrogen and oxygen atoms in total. The second-order valence-corrected chi connectivity index (χ2v) is 6.63. The minimum Gasteiger partial charge on any atom is -0.494 e. The van der Waals surface area contributed by atoms with E-state index >= 15 is 0 Å². The molecule has 2 aliphatic carbocycles. The number of carboxylic acid groups (broad SMARTS) is 1. The fraction of sp³-hybridized carbons (Fsp3) is 0.500. The summed E-state index contributed by atoms with van der Waals surface area (Å²) >= 11 is 0. The van der Waals surface area contributed by atoms with Gasteiger partial charge in [0, 0.05) is 5.56 Å². The molecule has 0 saturated heterocycles. The smallest absolute Gasteiger partial charge is 0.307 e. The third-order valence-corrected chi connectivity index (χ3v) is 5.21. The van der Waals surface area contributed by atoms with E-state index in [1.54, 1.807) is 24.3 Å². The van der Waals surface area contributed by atoms with Gasteiger partial charge in [0.2, 0.25) is 5.91 Å². The highest BCUT2D eigenvalue weighted by atomic mass is 16.5. The minimum atomic E-state index is -0.928. The molecule has 0 aliphatic heterocycles. The number of carboxylic acids is 1. The normalized spacial score (nSPS) is 26.9. The van der Waals surface area contributed by atoms with Crippen LogP contribution in [0.1, 0.15) is 36.5 Å². The third-order valence-electron chi connectivity index (χ3n) is 5.21. The van der Waals surface area contributed by atoms with Gasteiger partial charge in [0.1, 0.15) is 5.75 Å². The van der Waals surface area contributed by atoms with Crippen LogP contribution in [0, 0.1) is 23.7 Å². The number of hydrogen-bond acceptors (Lipinski definition) is 4. The molecule has 2 bridgehead atoms. The van der Waals surface area contributed by atoms with Gasteiger partial charge < -0.3 is 9.84 Å². The number of hydrazine groups is 1. The van der Waals surface area contributed by atoms with E-state index in [2.05, 4.69) is 10.9 Å². The van der Waals surface area contributed by atoms with Gasteiger partial charge in [0.05, 0.1) is 18.4 Å². The van der Waals surface area contributed by atoms with E-state index in [0.29, 0.717) is 17.9 Å². The van der Waals surface area contributed by atoms with E-state index in [1.807, 2.05) is 6.92 Å². The van der Waals surface area contributed by atoms with Gasteiger partial charge in [-0.3, -0.25) is 25.2 Å². The van der Waals surface area contributed by atoms with E-state index in [1.165, 1.54) is 0 Å². The van der Waals surface area contributed by atoms with Crippen LogP contribution < -0.4 is 15.6 Å². The number of hydrogen-bond donors (Lipinski definition) is 3. The number of carbonyl (C=O) groups excluding carboxylic acids is 2. The summed E-state index contributed by atoms with van der Waals surface area (Å²) in [6.45, 7) is 2.34. The standard InChI is InChI=1S/C18H22N2O5/c1-2-25-13-5-3-4-12(9-13)16(21)19-20-17(22)14-10-6-7-11(8-10)15(14)18(23)24/h3-5,9-11,14-15H,2,6-8H2,1H3,(H,19,21)(H,20,22)(H,23,24)/t10-,11-,14-,15-/m0/s1. The molecule has 0 spiro atoms. The van der Waals surface area contributed by atoms with Gasteiger partial charge in [0.25, 0.3) is 5.91 Å². The van der Waals surface area contributed by atoms with Crippen molar-refractivity contribution in [2.75, 3.05) is 6.61 Å². The van der Waals surface area contributed by atoms with Crippen LogP contribution in [-0.2, 0) is 9.59 Å². The fourth-order valence-electron chi connectivity index (χ4n) is 4.19. The first-order valence-corrected chi connectivity index (χ1v) is 8.57. The maximum absolute atomic E-state index is 12.4. The summed E-state index contributed by atoms with van der Waals surface area (Å²) in [5, 5.41) is 9.41. The molecule has 25 heavy (non-hydrogen) atoms. The molecule has 0 heterocycles. The zero-order valence-corrected chi connectivity index (χ0v) is 14.0. The summed E-state index contributed by atoms with van der Waals surface area (Å²) in [6, 6.07) is 6.63. The van der Waals surface area contributed by atoms with Gasteiger partial charge in [-0.2, -0.15) is 0 Å². The van der Waals surface area contributed by atoms with Gasteiger partial charge in [-0.25, -0.2) is 0 Å². The molecule has 0 aromatic heterocycles. The first-order valence-electron chi connectivity index (χ1n) is 8.57. The Bertz CT molecular complexity index is 690. The monoisotopic (exact) mass is 346 g/mol. The Morgan fingerprint density at radius 3 is 2.56 bits per heavy atom. The topological polar surface area (TPSA) is 105 Å². The lowest BCUT2D eigenvalue weighted by molar-refractivity contribution is -0.149. The zero-order valence-electron chi connectivity index (χ0n) is 14.0. The van der Waals surface area contributed by atoms with Crippen molar-refractivity contribution in [3.8, 4) is 5.75 Å². The van der Waals surface area contributed by atoms with Gasteiger partial charge in [-0.15, -0.1) is 0 Å². The van der Waals surface area contributed by atoms with Crippen molar-refractivity contribution in [2.24, 2.45) is 23.7 Å². The average Bonchev–Trinajstić information content (AvgIpc) is 3.21. The first kappa shape index (κ1) is 17.3. The summed E-state index contributed by atoms with van der Waals surface area (Å²) in [4.78, 5) is 36.1. The van der Waals surface area contributed by atoms with Crippen LogP contribution in [0.25, 0.3) is 0 Å². The number of benzene rings is 1. The van der Waals surface area contributed by atoms with Crippen LogP contribution in [-0.4, -0.2) is 29.5 Å². The highest BCUT2D eigenvalue weighted by Gasteiger charge is 2.54. The van der Waals surface area contributed by atoms with Gasteiger partial charge >= 0.3 is 5.97 Å². The molecule has 1 aromatic rings. The van der Waals surface area contributed by atoms with Crippen LogP contribution in [0.5, 0.6) is 5.75 Å². The van der Waals surface area contributed by atoms with Gasteiger partial charge in [-0.05, 0) is 56.2 Å². The zero-order chi connectivity index (χ0) is 18.0. The number of amides is 2. The van der Waals surface area contributed by atoms with Gasteiger partial charge in [0.15, 0.2) is 0 Å². The first-order chi connectivity index (χ1) is 12.0. The second-order valence-electron chi connectivity index (χ2n) is 6.63. The van der Waals surface area contributed by atoms with Crippen molar-refractivity contribution in [1.82, 2.24) is 10.9 Å². The van der Waals surface area contributed by atoms with Gasteiger partial charge in [-0.1, -0.05) is 6.07 Å². The second kappa shape index (κ2) is 7.13. The van der Waals surface area contributed by atoms with Crippen LogP contribution in [0.15, 0.2) is 24.3 Å². The Balaban J connectivity index is 1.61. The molecule has 134 valence electrons. The number of rotatable bonds is 5. The molecule has 7 heteroatoms. The molecule has 2 aliphatic rings. The molecule has 2 amide bonds. The Labute approximate surface area is 145 Å². The number of carbonyl (C=O) groups is 3. The summed E-state index contributed by atoms with van der Waals surface area (Å²) in [7, 11) is 0. The molecule has 4 atom stereocenters. The van der Waals surface area contributed by atoms with Crippen molar-refractivity contribution in [1.29, 1.82) is 0 Å². The quantitative estimate of drug-likeness (QED) is 0.702. The van der Waals surface area contributed by atoms with Crippen LogP contribution in [0.4, 0.5) is 0 Å². The molecule has 3 rings (SSSR count). The summed E-state index contributed by atoms with van der Waals surface area (Å²) < 4.78 is 5.34. The molecule has 1 aromatic carbocycles. The Hall–Kier alpha value is -2.57. The van der Waals surface area contributed by atoms with E-state index in [-0.39, 0.29) is 11.8 Å². The summed E-state index contributed by atoms with van der Waals surface area (Å²) in [5.74, 6) is -2.33. The van der Waals surface area contributed by atoms with Crippen molar-refractivity contribution in [2.45, 2.75) is 26.2 Å². The lowest BCUT2D eigenvalue weighted by Crippen LogP contribution is -2.48. The molecule has 2 saturated carbocycles. The van der Waals surface area contributed by atoms with Crippen molar-refractivity contribution in [3.63, 3.8) is 0 Å². The number of fused-ring (bicyclic) bond motifs is 2. The van der Waals surface area contributed by atoms with Crippen molar-refractivity contribution < 1.29 is 24.2 Å². The molecular weight excluding hydrogens is 324 g/mol. The number of ether oxygens (including phenoxy) is 1. The minimum absolute atomic E-state index is 0.0665. The molecule has 0 unspecified atom stereocenters. The van der Waals surface area contributed by atoms with Crippen molar-refractivity contribution in [3.05, 3.63) is 29.8 Å². The summed E-state index contributed by atoms with van der Waals surface area (Å²) in [6.07, 6.45) is 2.51. The predicted octanol–water partition coefficient (Wildman–Crippen LogP) is 1.59. The maximum Gasteiger partial charge on any atom is 0.307 e. The largest absolute Gasteiger partial charge is 0.494 e. The maximum atomic E-state index is 12.4. The lowest BCUT2D eigenvalue weighted by Gasteiger charge is -2.27. The van der Waals surface area contributed by atoms with Crippen LogP contribution >= 0.6 is 0 Å². The average molecular weight is 346 g/mol. The summed E-state index contributed by atoms with van der Waals surface area (Å²) in [5.41, 5.74) is 5.13. The Kier molecular flexibility index (Phi) is 4.92. The highest BCUT2D eigenvalue weighted by Crippen LogP contribution is 2.52.